The normalized spacial score (nSPS) is 14.0. The third-order valence-electron chi connectivity index (χ3n) is 5.61. The van der Waals surface area contributed by atoms with Gasteiger partial charge in [-0.25, -0.2) is 14.6 Å². The summed E-state index contributed by atoms with van der Waals surface area (Å²) in [5, 5.41) is 17.2. The minimum Gasteiger partial charge on any atom is -0.496 e. The third kappa shape index (κ3) is 6.32. The van der Waals surface area contributed by atoms with Gasteiger partial charge in [0.15, 0.2) is 0 Å². The fraction of sp³-hybridized carbons (Fsp3) is 0.269. The molecule has 2 heterocycles. The SMILES string of the molecule is CCN1CCN(c2nc(C=Cc3ccccc3OC)cc3ccccc23)CC1.O=C(O)C(=O)O. The Labute approximate surface area is 198 Å². The highest BCUT2D eigenvalue weighted by Crippen LogP contribution is 2.28. The van der Waals surface area contributed by atoms with Crippen LogP contribution < -0.4 is 9.64 Å². The molecule has 1 fully saturated rings. The Morgan fingerprint density at radius 3 is 2.26 bits per heavy atom. The molecular formula is C26H29N3O5. The number of fused-ring (bicyclic) bond motifs is 1. The van der Waals surface area contributed by atoms with Crippen LogP contribution >= 0.6 is 0 Å². The summed E-state index contributed by atoms with van der Waals surface area (Å²) >= 11 is 0. The number of para-hydroxylation sites is 1. The number of carboxylic acid groups (broad SMARTS) is 2. The smallest absolute Gasteiger partial charge is 0.414 e. The molecule has 1 aliphatic rings. The Morgan fingerprint density at radius 2 is 1.62 bits per heavy atom. The van der Waals surface area contributed by atoms with Gasteiger partial charge < -0.3 is 24.7 Å². The van der Waals surface area contributed by atoms with Crippen molar-refractivity contribution in [2.75, 3.05) is 44.7 Å². The topological polar surface area (TPSA) is 103 Å². The van der Waals surface area contributed by atoms with Crippen molar-refractivity contribution in [2.24, 2.45) is 0 Å². The highest BCUT2D eigenvalue weighted by molar-refractivity contribution is 6.27. The number of pyridine rings is 1. The summed E-state index contributed by atoms with van der Waals surface area (Å²) in [5.74, 6) is -1.69. The number of ether oxygens (including phenoxy) is 1. The Hall–Kier alpha value is -3.91. The average molecular weight is 464 g/mol. The molecule has 0 bridgehead atoms. The first kappa shape index (κ1) is 24.7. The van der Waals surface area contributed by atoms with Gasteiger partial charge in [0.05, 0.1) is 12.8 Å². The van der Waals surface area contributed by atoms with E-state index in [-0.39, 0.29) is 0 Å². The Bertz CT molecular complexity index is 1160. The fourth-order valence-electron chi connectivity index (χ4n) is 3.78. The largest absolute Gasteiger partial charge is 0.496 e. The van der Waals surface area contributed by atoms with E-state index in [9.17, 15) is 0 Å². The van der Waals surface area contributed by atoms with Crippen LogP contribution in [0.1, 0.15) is 18.2 Å². The number of piperazine rings is 1. The number of carboxylic acids is 2. The van der Waals surface area contributed by atoms with Crippen molar-refractivity contribution in [2.45, 2.75) is 6.92 Å². The van der Waals surface area contributed by atoms with Crippen LogP contribution in [0.4, 0.5) is 5.82 Å². The van der Waals surface area contributed by atoms with Crippen molar-refractivity contribution in [1.82, 2.24) is 9.88 Å². The molecule has 1 saturated heterocycles. The number of carbonyl (C=O) groups is 2. The first-order valence-electron chi connectivity index (χ1n) is 11.1. The molecule has 0 radical (unpaired) electrons. The van der Waals surface area contributed by atoms with Gasteiger partial charge in [0.2, 0.25) is 0 Å². The number of likely N-dealkylation sites (N-methyl/N-ethyl adjacent to an activating group) is 1. The predicted octanol–water partition coefficient (Wildman–Crippen LogP) is 3.71. The van der Waals surface area contributed by atoms with E-state index in [1.807, 2.05) is 18.2 Å². The van der Waals surface area contributed by atoms with Crippen LogP contribution in [-0.4, -0.2) is 71.9 Å². The average Bonchev–Trinajstić information content (AvgIpc) is 2.87. The summed E-state index contributed by atoms with van der Waals surface area (Å²) in [4.78, 5) is 28.1. The van der Waals surface area contributed by atoms with Crippen LogP contribution in [0.25, 0.3) is 22.9 Å². The van der Waals surface area contributed by atoms with Gasteiger partial charge in [0.25, 0.3) is 0 Å². The lowest BCUT2D eigenvalue weighted by Crippen LogP contribution is -2.46. The maximum Gasteiger partial charge on any atom is 0.414 e. The van der Waals surface area contributed by atoms with Crippen molar-refractivity contribution in [3.63, 3.8) is 0 Å². The van der Waals surface area contributed by atoms with Crippen LogP contribution in [0.3, 0.4) is 0 Å². The summed E-state index contributed by atoms with van der Waals surface area (Å²) in [5.41, 5.74) is 2.02. The summed E-state index contributed by atoms with van der Waals surface area (Å²) < 4.78 is 5.46. The zero-order valence-electron chi connectivity index (χ0n) is 19.3. The summed E-state index contributed by atoms with van der Waals surface area (Å²) in [6.07, 6.45) is 4.16. The van der Waals surface area contributed by atoms with Crippen molar-refractivity contribution in [3.8, 4) is 5.75 Å². The van der Waals surface area contributed by atoms with E-state index in [1.54, 1.807) is 7.11 Å². The molecule has 2 aromatic carbocycles. The number of hydrogen-bond acceptors (Lipinski definition) is 6. The molecule has 34 heavy (non-hydrogen) atoms. The first-order valence-corrected chi connectivity index (χ1v) is 11.1. The number of rotatable bonds is 5. The van der Waals surface area contributed by atoms with Gasteiger partial charge in [-0.1, -0.05) is 49.4 Å². The molecule has 0 atom stereocenters. The molecule has 3 aromatic rings. The second-order valence-corrected chi connectivity index (χ2v) is 7.70. The summed E-state index contributed by atoms with van der Waals surface area (Å²) in [7, 11) is 1.70. The molecule has 0 amide bonds. The van der Waals surface area contributed by atoms with E-state index < -0.39 is 11.9 Å². The van der Waals surface area contributed by atoms with E-state index in [0.29, 0.717) is 0 Å². The van der Waals surface area contributed by atoms with Crippen molar-refractivity contribution < 1.29 is 24.5 Å². The third-order valence-corrected chi connectivity index (χ3v) is 5.61. The highest BCUT2D eigenvalue weighted by atomic mass is 16.5. The van der Waals surface area contributed by atoms with Crippen LogP contribution in [0.5, 0.6) is 5.75 Å². The molecule has 0 unspecified atom stereocenters. The van der Waals surface area contributed by atoms with Gasteiger partial charge in [0, 0.05) is 37.1 Å². The number of nitrogens with zero attached hydrogens (tertiary/aromatic N) is 3. The van der Waals surface area contributed by atoms with Gasteiger partial charge in [-0.05, 0) is 36.2 Å². The summed E-state index contributed by atoms with van der Waals surface area (Å²) in [6.45, 7) is 7.56. The van der Waals surface area contributed by atoms with E-state index in [0.717, 1.165) is 55.5 Å². The zero-order valence-corrected chi connectivity index (χ0v) is 19.3. The highest BCUT2D eigenvalue weighted by Gasteiger charge is 2.19. The Kier molecular flexibility index (Phi) is 8.59. The number of anilines is 1. The minimum absolute atomic E-state index is 0.871. The summed E-state index contributed by atoms with van der Waals surface area (Å²) in [6, 6.07) is 18.7. The second kappa shape index (κ2) is 11.8. The van der Waals surface area contributed by atoms with Crippen LogP contribution in [-0.2, 0) is 9.59 Å². The maximum absolute atomic E-state index is 9.10. The van der Waals surface area contributed by atoms with E-state index in [1.165, 1.54) is 10.8 Å². The fourth-order valence-corrected chi connectivity index (χ4v) is 3.78. The lowest BCUT2D eigenvalue weighted by atomic mass is 10.1. The van der Waals surface area contributed by atoms with Gasteiger partial charge in [-0.2, -0.15) is 0 Å². The standard InChI is InChI=1S/C24H27N3O.C2H2O4/c1-3-26-14-16-27(17-15-26)24-22-10-6-4-9-20(22)18-21(25-24)13-12-19-8-5-7-11-23(19)28-2;3-1(4)2(5)6/h4-13,18H,3,14-17H2,1-2H3;(H,3,4)(H,5,6). The Balaban J connectivity index is 0.000000481. The molecule has 0 spiro atoms. The number of hydrogen-bond donors (Lipinski definition) is 2. The van der Waals surface area contributed by atoms with E-state index in [4.69, 9.17) is 29.5 Å². The number of methoxy groups -OCH3 is 1. The Morgan fingerprint density at radius 1 is 0.971 bits per heavy atom. The number of aromatic nitrogens is 1. The number of benzene rings is 2. The van der Waals surface area contributed by atoms with Crippen LogP contribution in [0.2, 0.25) is 0 Å². The lowest BCUT2D eigenvalue weighted by molar-refractivity contribution is -0.159. The molecule has 4 rings (SSSR count). The minimum atomic E-state index is -1.82. The number of aliphatic carboxylic acids is 2. The van der Waals surface area contributed by atoms with Crippen LogP contribution in [0.15, 0.2) is 54.6 Å². The second-order valence-electron chi connectivity index (χ2n) is 7.70. The zero-order chi connectivity index (χ0) is 24.5. The molecule has 0 saturated carbocycles. The maximum atomic E-state index is 9.10. The van der Waals surface area contributed by atoms with Crippen molar-refractivity contribution in [3.05, 3.63) is 65.9 Å². The quantitative estimate of drug-likeness (QED) is 0.552. The molecule has 178 valence electrons. The predicted molar refractivity (Wildman–Crippen MR) is 133 cm³/mol. The molecule has 0 aliphatic carbocycles. The molecule has 1 aliphatic heterocycles. The molecule has 8 heteroatoms. The van der Waals surface area contributed by atoms with Gasteiger partial charge >= 0.3 is 11.9 Å². The van der Waals surface area contributed by atoms with Crippen molar-refractivity contribution >= 4 is 40.7 Å². The monoisotopic (exact) mass is 463 g/mol. The molecule has 8 nitrogen and oxygen atoms in total. The lowest BCUT2D eigenvalue weighted by Gasteiger charge is -2.35. The van der Waals surface area contributed by atoms with Crippen molar-refractivity contribution in [1.29, 1.82) is 0 Å². The molecular weight excluding hydrogens is 434 g/mol. The van der Waals surface area contributed by atoms with Gasteiger partial charge in [0.1, 0.15) is 11.6 Å². The van der Waals surface area contributed by atoms with E-state index in [2.05, 4.69) is 65.3 Å². The first-order chi connectivity index (χ1) is 16.4. The van der Waals surface area contributed by atoms with Gasteiger partial charge in [-0.3, -0.25) is 0 Å². The van der Waals surface area contributed by atoms with E-state index >= 15 is 0 Å². The van der Waals surface area contributed by atoms with Gasteiger partial charge in [-0.15, -0.1) is 0 Å². The van der Waals surface area contributed by atoms with Crippen LogP contribution in [0, 0.1) is 0 Å². The molecule has 1 aromatic heterocycles. The molecule has 2 N–H and O–H groups in total.